The molecule has 2 nitrogen and oxygen atoms in total. The van der Waals surface area contributed by atoms with Gasteiger partial charge in [0.2, 0.25) is 0 Å². The summed E-state index contributed by atoms with van der Waals surface area (Å²) in [7, 11) is 0. The highest BCUT2D eigenvalue weighted by molar-refractivity contribution is 5.75. The Hall–Kier alpha value is -0.790. The molecule has 0 bridgehead atoms. The van der Waals surface area contributed by atoms with Crippen molar-refractivity contribution < 1.29 is 9.53 Å². The molecule has 0 saturated heterocycles. The van der Waals surface area contributed by atoms with E-state index < -0.39 is 0 Å². The molecule has 0 aromatic carbocycles. The molecule has 0 aliphatic heterocycles. The second kappa shape index (κ2) is 5.79. The highest BCUT2D eigenvalue weighted by atomic mass is 16.5. The van der Waals surface area contributed by atoms with Gasteiger partial charge in [0.15, 0.2) is 0 Å². The molecule has 13 heavy (non-hydrogen) atoms. The predicted molar refractivity (Wildman–Crippen MR) is 54.5 cm³/mol. The molecule has 0 spiro atoms. The summed E-state index contributed by atoms with van der Waals surface area (Å²) in [4.78, 5) is 11.3. The van der Waals surface area contributed by atoms with Crippen LogP contribution < -0.4 is 0 Å². The lowest BCUT2D eigenvalue weighted by Crippen LogP contribution is -2.23. The molecule has 0 rings (SSSR count). The standard InChI is InChI=1S/C11H20O2/c1-5-6-7-8-9-13-10(12)11(2,3)4/h6-7H,5,8-9H2,1-4H3/b7-6+. The third-order valence-electron chi connectivity index (χ3n) is 1.53. The first kappa shape index (κ1) is 12.2. The van der Waals surface area contributed by atoms with E-state index in [0.29, 0.717) is 6.61 Å². The molecule has 0 aromatic rings. The van der Waals surface area contributed by atoms with Crippen LogP contribution in [-0.2, 0) is 9.53 Å². The van der Waals surface area contributed by atoms with Crippen molar-refractivity contribution >= 4 is 5.97 Å². The number of ether oxygens (including phenoxy) is 1. The molecule has 0 aromatic heterocycles. The minimum absolute atomic E-state index is 0.127. The van der Waals surface area contributed by atoms with Crippen LogP contribution in [0.15, 0.2) is 12.2 Å². The van der Waals surface area contributed by atoms with Crippen LogP contribution in [0, 0.1) is 5.41 Å². The zero-order valence-corrected chi connectivity index (χ0v) is 9.09. The Bertz CT molecular complexity index is 175. The summed E-state index contributed by atoms with van der Waals surface area (Å²) in [6, 6.07) is 0. The van der Waals surface area contributed by atoms with Crippen LogP contribution in [0.25, 0.3) is 0 Å². The van der Waals surface area contributed by atoms with Gasteiger partial charge >= 0.3 is 5.97 Å². The summed E-state index contributed by atoms with van der Waals surface area (Å²) in [6.07, 6.45) is 5.96. The molecule has 0 unspecified atom stereocenters. The summed E-state index contributed by atoms with van der Waals surface area (Å²) in [5, 5.41) is 0. The van der Waals surface area contributed by atoms with E-state index in [-0.39, 0.29) is 11.4 Å². The summed E-state index contributed by atoms with van der Waals surface area (Å²) in [5.74, 6) is -0.127. The van der Waals surface area contributed by atoms with Gasteiger partial charge in [-0.1, -0.05) is 19.1 Å². The number of hydrogen-bond donors (Lipinski definition) is 0. The van der Waals surface area contributed by atoms with E-state index in [1.807, 2.05) is 26.8 Å². The fourth-order valence-electron chi connectivity index (χ4n) is 0.721. The van der Waals surface area contributed by atoms with Gasteiger partial charge in [0.05, 0.1) is 12.0 Å². The van der Waals surface area contributed by atoms with Crippen molar-refractivity contribution in [3.63, 3.8) is 0 Å². The van der Waals surface area contributed by atoms with E-state index in [1.54, 1.807) is 0 Å². The first-order valence-electron chi connectivity index (χ1n) is 4.80. The van der Waals surface area contributed by atoms with Gasteiger partial charge in [0.1, 0.15) is 0 Å². The number of esters is 1. The fraction of sp³-hybridized carbons (Fsp3) is 0.727. The Morgan fingerprint density at radius 3 is 2.38 bits per heavy atom. The first-order valence-corrected chi connectivity index (χ1v) is 4.80. The molecule has 2 heteroatoms. The normalized spacial score (nSPS) is 12.0. The van der Waals surface area contributed by atoms with Crippen LogP contribution in [0.1, 0.15) is 40.5 Å². The molecule has 0 fully saturated rings. The molecule has 0 amide bonds. The largest absolute Gasteiger partial charge is 0.465 e. The fourth-order valence-corrected chi connectivity index (χ4v) is 0.721. The van der Waals surface area contributed by atoms with Crippen molar-refractivity contribution in [1.82, 2.24) is 0 Å². The van der Waals surface area contributed by atoms with E-state index in [2.05, 4.69) is 13.0 Å². The SMILES string of the molecule is CC/C=C/CCOC(=O)C(C)(C)C. The Balaban J connectivity index is 3.55. The number of rotatable bonds is 4. The maximum Gasteiger partial charge on any atom is 0.311 e. The molecule has 0 aliphatic carbocycles. The number of carbonyl (C=O) groups excluding carboxylic acids is 1. The van der Waals surface area contributed by atoms with Crippen molar-refractivity contribution in [1.29, 1.82) is 0 Å². The third kappa shape index (κ3) is 6.38. The van der Waals surface area contributed by atoms with Gasteiger partial charge in [-0.15, -0.1) is 0 Å². The lowest BCUT2D eigenvalue weighted by molar-refractivity contribution is -0.152. The van der Waals surface area contributed by atoms with E-state index in [0.717, 1.165) is 12.8 Å². The highest BCUT2D eigenvalue weighted by Crippen LogP contribution is 2.14. The van der Waals surface area contributed by atoms with Crippen molar-refractivity contribution in [2.24, 2.45) is 5.41 Å². The third-order valence-corrected chi connectivity index (χ3v) is 1.53. The topological polar surface area (TPSA) is 26.3 Å². The number of allylic oxidation sites excluding steroid dienone is 1. The summed E-state index contributed by atoms with van der Waals surface area (Å²) in [6.45, 7) is 8.15. The molecular formula is C11H20O2. The van der Waals surface area contributed by atoms with Crippen molar-refractivity contribution in [2.75, 3.05) is 6.61 Å². The molecule has 0 saturated carbocycles. The van der Waals surface area contributed by atoms with E-state index >= 15 is 0 Å². The van der Waals surface area contributed by atoms with E-state index in [9.17, 15) is 4.79 Å². The Labute approximate surface area is 81.0 Å². The second-order valence-electron chi connectivity index (χ2n) is 4.05. The Morgan fingerprint density at radius 2 is 1.92 bits per heavy atom. The molecule has 0 aliphatic rings. The van der Waals surface area contributed by atoms with Crippen LogP contribution in [-0.4, -0.2) is 12.6 Å². The maximum absolute atomic E-state index is 11.3. The smallest absolute Gasteiger partial charge is 0.311 e. The van der Waals surface area contributed by atoms with Crippen molar-refractivity contribution in [3.05, 3.63) is 12.2 Å². The summed E-state index contributed by atoms with van der Waals surface area (Å²) >= 11 is 0. The monoisotopic (exact) mass is 184 g/mol. The first-order chi connectivity index (χ1) is 5.98. The lowest BCUT2D eigenvalue weighted by Gasteiger charge is -2.15. The van der Waals surface area contributed by atoms with Crippen LogP contribution in [0.5, 0.6) is 0 Å². The molecular weight excluding hydrogens is 164 g/mol. The number of hydrogen-bond acceptors (Lipinski definition) is 2. The molecule has 0 N–H and O–H groups in total. The van der Waals surface area contributed by atoms with Gasteiger partial charge < -0.3 is 4.74 Å². The zero-order valence-electron chi connectivity index (χ0n) is 9.09. The average Bonchev–Trinajstić information content (AvgIpc) is 2.02. The minimum atomic E-state index is -0.380. The van der Waals surface area contributed by atoms with Gasteiger partial charge in [-0.2, -0.15) is 0 Å². The van der Waals surface area contributed by atoms with Crippen molar-refractivity contribution in [2.45, 2.75) is 40.5 Å². The van der Waals surface area contributed by atoms with Crippen LogP contribution >= 0.6 is 0 Å². The maximum atomic E-state index is 11.3. The average molecular weight is 184 g/mol. The van der Waals surface area contributed by atoms with Crippen molar-refractivity contribution in [3.8, 4) is 0 Å². The number of carbonyl (C=O) groups is 1. The van der Waals surface area contributed by atoms with Crippen LogP contribution in [0.2, 0.25) is 0 Å². The molecule has 76 valence electrons. The molecule has 0 heterocycles. The van der Waals surface area contributed by atoms with E-state index in [4.69, 9.17) is 4.74 Å². The summed E-state index contributed by atoms with van der Waals surface area (Å²) in [5.41, 5.74) is -0.380. The van der Waals surface area contributed by atoms with E-state index in [1.165, 1.54) is 0 Å². The van der Waals surface area contributed by atoms with Gasteiger partial charge in [-0.05, 0) is 33.6 Å². The summed E-state index contributed by atoms with van der Waals surface area (Å²) < 4.78 is 5.06. The minimum Gasteiger partial charge on any atom is -0.465 e. The quantitative estimate of drug-likeness (QED) is 0.381. The second-order valence-corrected chi connectivity index (χ2v) is 4.05. The van der Waals surface area contributed by atoms with Gasteiger partial charge in [-0.25, -0.2) is 0 Å². The van der Waals surface area contributed by atoms with Gasteiger partial charge in [0.25, 0.3) is 0 Å². The Kier molecular flexibility index (Phi) is 5.44. The highest BCUT2D eigenvalue weighted by Gasteiger charge is 2.22. The van der Waals surface area contributed by atoms with Gasteiger partial charge in [0, 0.05) is 0 Å². The van der Waals surface area contributed by atoms with Gasteiger partial charge in [-0.3, -0.25) is 4.79 Å². The van der Waals surface area contributed by atoms with Crippen LogP contribution in [0.4, 0.5) is 0 Å². The zero-order chi connectivity index (χ0) is 10.3. The lowest BCUT2D eigenvalue weighted by atomic mass is 9.97. The molecule has 0 atom stereocenters. The molecule has 0 radical (unpaired) electrons. The van der Waals surface area contributed by atoms with Crippen LogP contribution in [0.3, 0.4) is 0 Å². The predicted octanol–water partition coefficient (Wildman–Crippen LogP) is 2.93. The Morgan fingerprint density at radius 1 is 1.31 bits per heavy atom.